The molecule has 0 spiro atoms. The molecule has 0 saturated heterocycles. The third kappa shape index (κ3) is 5.56. The van der Waals surface area contributed by atoms with E-state index in [2.05, 4.69) is 33.9 Å². The quantitative estimate of drug-likeness (QED) is 0.491. The Kier molecular flexibility index (Phi) is 6.19. The fourth-order valence-corrected chi connectivity index (χ4v) is 3.67. The second-order valence-electron chi connectivity index (χ2n) is 7.35. The molecule has 4 nitrogen and oxygen atoms in total. The van der Waals surface area contributed by atoms with E-state index in [1.165, 1.54) is 6.08 Å². The Labute approximate surface area is 129 Å². The lowest BCUT2D eigenvalue weighted by molar-refractivity contribution is -0.137. The maximum absolute atomic E-state index is 11.6. The molecule has 0 aromatic heterocycles. The first kappa shape index (κ1) is 18.4. The van der Waals surface area contributed by atoms with Crippen LogP contribution in [0.2, 0.25) is 18.1 Å². The number of aliphatic hydroxyl groups is 1. The zero-order valence-corrected chi connectivity index (χ0v) is 15.2. The first-order valence-corrected chi connectivity index (χ1v) is 10.7. The summed E-state index contributed by atoms with van der Waals surface area (Å²) in [5.74, 6) is -0.326. The molecule has 0 aliphatic heterocycles. The predicted octanol–water partition coefficient (Wildman–Crippen LogP) is 3.41. The number of aliphatic hydroxyl groups excluding tert-OH is 1. The molecule has 0 heterocycles. The molecule has 1 rings (SSSR count). The molecule has 1 N–H and O–H groups in total. The van der Waals surface area contributed by atoms with Crippen LogP contribution in [0.5, 0.6) is 0 Å². The average Bonchev–Trinajstić information content (AvgIpc) is 2.25. The van der Waals surface area contributed by atoms with Crippen molar-refractivity contribution in [1.82, 2.24) is 0 Å². The molecule has 2 atom stereocenters. The van der Waals surface area contributed by atoms with Crippen LogP contribution >= 0.6 is 0 Å². The van der Waals surface area contributed by atoms with Crippen molar-refractivity contribution in [1.29, 1.82) is 0 Å². The molecule has 0 aromatic rings. The zero-order chi connectivity index (χ0) is 16.3. The summed E-state index contributed by atoms with van der Waals surface area (Å²) in [6.45, 7) is 13.2. The van der Waals surface area contributed by atoms with Gasteiger partial charge in [0.15, 0.2) is 8.32 Å². The Bertz CT molecular complexity index is 396. The highest BCUT2D eigenvalue weighted by Gasteiger charge is 2.40. The minimum absolute atomic E-state index is 0.00434. The predicted molar refractivity (Wildman–Crippen MR) is 86.6 cm³/mol. The monoisotopic (exact) mass is 314 g/mol. The highest BCUT2D eigenvalue weighted by Crippen LogP contribution is 2.39. The van der Waals surface area contributed by atoms with E-state index in [0.717, 1.165) is 5.57 Å². The van der Waals surface area contributed by atoms with Gasteiger partial charge in [-0.05, 0) is 44.3 Å². The number of esters is 1. The molecular weight excluding hydrogens is 284 g/mol. The molecule has 1 aliphatic rings. The average molecular weight is 314 g/mol. The SMILES string of the molecule is CCOC(=O)/C=C1\C[C@@H](O)C[C@H](O[Si](C)(C)C(C)(C)C)C1. The number of ether oxygens (including phenoxy) is 1. The van der Waals surface area contributed by atoms with Crippen LogP contribution in [0, 0.1) is 0 Å². The van der Waals surface area contributed by atoms with Crippen LogP contribution in [0.4, 0.5) is 0 Å². The number of carbonyl (C=O) groups excluding carboxylic acids is 1. The number of hydrogen-bond acceptors (Lipinski definition) is 4. The molecule has 0 amide bonds. The molecule has 0 radical (unpaired) electrons. The zero-order valence-electron chi connectivity index (χ0n) is 14.2. The summed E-state index contributed by atoms with van der Waals surface area (Å²) < 4.78 is 11.3. The van der Waals surface area contributed by atoms with Crippen molar-refractivity contribution >= 4 is 14.3 Å². The minimum Gasteiger partial charge on any atom is -0.463 e. The second kappa shape index (κ2) is 7.07. The number of hydrogen-bond donors (Lipinski definition) is 1. The van der Waals surface area contributed by atoms with Crippen molar-refractivity contribution in [3.63, 3.8) is 0 Å². The van der Waals surface area contributed by atoms with Gasteiger partial charge in [0, 0.05) is 6.08 Å². The van der Waals surface area contributed by atoms with Gasteiger partial charge in [-0.15, -0.1) is 0 Å². The number of rotatable bonds is 4. The molecule has 0 unspecified atom stereocenters. The summed E-state index contributed by atoms with van der Waals surface area (Å²) in [6.07, 6.45) is 2.98. The van der Waals surface area contributed by atoms with Crippen LogP contribution in [0.3, 0.4) is 0 Å². The fourth-order valence-electron chi connectivity index (χ4n) is 2.30. The Morgan fingerprint density at radius 1 is 1.38 bits per heavy atom. The molecular formula is C16H30O4Si. The van der Waals surface area contributed by atoms with Gasteiger partial charge >= 0.3 is 5.97 Å². The highest BCUT2D eigenvalue weighted by atomic mass is 28.4. The lowest BCUT2D eigenvalue weighted by Gasteiger charge is -2.41. The van der Waals surface area contributed by atoms with E-state index < -0.39 is 14.4 Å². The molecule has 0 aromatic carbocycles. The largest absolute Gasteiger partial charge is 0.463 e. The molecule has 1 saturated carbocycles. The van der Waals surface area contributed by atoms with Crippen molar-refractivity contribution in [3.8, 4) is 0 Å². The molecule has 122 valence electrons. The first-order chi connectivity index (χ1) is 9.55. The lowest BCUT2D eigenvalue weighted by atomic mass is 9.90. The summed E-state index contributed by atoms with van der Waals surface area (Å²) in [5, 5.41) is 10.2. The van der Waals surface area contributed by atoms with Gasteiger partial charge in [0.1, 0.15) is 0 Å². The third-order valence-electron chi connectivity index (χ3n) is 4.40. The van der Waals surface area contributed by atoms with Crippen LogP contribution in [0.15, 0.2) is 11.6 Å². The second-order valence-corrected chi connectivity index (χ2v) is 12.1. The van der Waals surface area contributed by atoms with Gasteiger partial charge in [0.05, 0.1) is 18.8 Å². The van der Waals surface area contributed by atoms with Crippen molar-refractivity contribution in [2.75, 3.05) is 6.61 Å². The topological polar surface area (TPSA) is 55.8 Å². The first-order valence-electron chi connectivity index (χ1n) is 7.77. The Hall–Kier alpha value is -0.653. The standard InChI is InChI=1S/C16H30O4Si/c1-7-19-15(18)10-12-8-13(17)11-14(9-12)20-21(5,6)16(2,3)4/h10,13-14,17H,7-9,11H2,1-6H3/b12-10+/t13-,14-/m1/s1. The minimum atomic E-state index is -1.86. The lowest BCUT2D eigenvalue weighted by Crippen LogP contribution is -2.45. The van der Waals surface area contributed by atoms with Crippen LogP contribution in [0.1, 0.15) is 47.0 Å². The van der Waals surface area contributed by atoms with Gasteiger partial charge in [-0.1, -0.05) is 26.3 Å². The van der Waals surface area contributed by atoms with E-state index in [1.54, 1.807) is 6.92 Å². The Balaban J connectivity index is 2.75. The summed E-state index contributed by atoms with van der Waals surface area (Å²) in [4.78, 5) is 11.6. The van der Waals surface area contributed by atoms with Gasteiger partial charge < -0.3 is 14.3 Å². The van der Waals surface area contributed by atoms with E-state index in [0.29, 0.717) is 25.9 Å². The van der Waals surface area contributed by atoms with E-state index >= 15 is 0 Å². The smallest absolute Gasteiger partial charge is 0.330 e. The molecule has 21 heavy (non-hydrogen) atoms. The van der Waals surface area contributed by atoms with Gasteiger partial charge in [-0.25, -0.2) is 4.79 Å². The van der Waals surface area contributed by atoms with Gasteiger partial charge in [-0.2, -0.15) is 0 Å². The van der Waals surface area contributed by atoms with Gasteiger partial charge in [0.25, 0.3) is 0 Å². The maximum Gasteiger partial charge on any atom is 0.330 e. The molecule has 5 heteroatoms. The Morgan fingerprint density at radius 3 is 2.52 bits per heavy atom. The van der Waals surface area contributed by atoms with Crippen molar-refractivity contribution in [3.05, 3.63) is 11.6 Å². The maximum atomic E-state index is 11.6. The van der Waals surface area contributed by atoms with Gasteiger partial charge in [0.2, 0.25) is 0 Å². The highest BCUT2D eigenvalue weighted by molar-refractivity contribution is 6.74. The summed E-state index contributed by atoms with van der Waals surface area (Å²) in [5.41, 5.74) is 0.927. The van der Waals surface area contributed by atoms with E-state index in [4.69, 9.17) is 9.16 Å². The van der Waals surface area contributed by atoms with Crippen molar-refractivity contribution in [2.24, 2.45) is 0 Å². The van der Waals surface area contributed by atoms with Crippen molar-refractivity contribution in [2.45, 2.75) is 77.3 Å². The third-order valence-corrected chi connectivity index (χ3v) is 8.93. The number of carbonyl (C=O) groups is 1. The van der Waals surface area contributed by atoms with E-state index in [1.807, 2.05) is 0 Å². The molecule has 0 bridgehead atoms. The van der Waals surface area contributed by atoms with Crippen molar-refractivity contribution < 1.29 is 19.1 Å². The molecule has 1 aliphatic carbocycles. The normalized spacial score (nSPS) is 26.0. The summed E-state index contributed by atoms with van der Waals surface area (Å²) in [7, 11) is -1.86. The van der Waals surface area contributed by atoms with Crippen LogP contribution in [-0.2, 0) is 14.0 Å². The van der Waals surface area contributed by atoms with Gasteiger partial charge in [-0.3, -0.25) is 0 Å². The van der Waals surface area contributed by atoms with E-state index in [-0.39, 0.29) is 17.1 Å². The summed E-state index contributed by atoms with van der Waals surface area (Å²) >= 11 is 0. The van der Waals surface area contributed by atoms with Crippen LogP contribution in [-0.4, -0.2) is 38.2 Å². The van der Waals surface area contributed by atoms with E-state index in [9.17, 15) is 9.90 Å². The van der Waals surface area contributed by atoms with Crippen LogP contribution in [0.25, 0.3) is 0 Å². The summed E-state index contributed by atoms with van der Waals surface area (Å²) in [6, 6.07) is 0. The van der Waals surface area contributed by atoms with Crippen LogP contribution < -0.4 is 0 Å². The molecule has 1 fully saturated rings. The fraction of sp³-hybridized carbons (Fsp3) is 0.812. The Morgan fingerprint density at radius 2 is 2.00 bits per heavy atom.